The van der Waals surface area contributed by atoms with E-state index in [9.17, 15) is 10.1 Å². The van der Waals surface area contributed by atoms with Gasteiger partial charge in [0, 0.05) is 32.7 Å². The highest BCUT2D eigenvalue weighted by molar-refractivity contribution is 5.88. The number of hydrogen-bond donors (Lipinski definition) is 1. The molecule has 1 unspecified atom stereocenters. The van der Waals surface area contributed by atoms with Crippen LogP contribution in [0.2, 0.25) is 0 Å². The van der Waals surface area contributed by atoms with Gasteiger partial charge >= 0.3 is 0 Å². The number of nitriles is 1. The third-order valence-corrected chi connectivity index (χ3v) is 6.21. The summed E-state index contributed by atoms with van der Waals surface area (Å²) in [6.45, 7) is 3.65. The summed E-state index contributed by atoms with van der Waals surface area (Å²) < 4.78 is 10.6. The maximum Gasteiger partial charge on any atom is 0.243 e. The Morgan fingerprint density at radius 3 is 2.40 bits per heavy atom. The smallest absolute Gasteiger partial charge is 0.243 e. The van der Waals surface area contributed by atoms with Crippen molar-refractivity contribution in [2.45, 2.75) is 12.3 Å². The van der Waals surface area contributed by atoms with Crippen LogP contribution in [-0.4, -0.2) is 74.8 Å². The number of aromatic nitrogens is 2. The van der Waals surface area contributed by atoms with Gasteiger partial charge in [0.2, 0.25) is 5.91 Å². The zero-order valence-corrected chi connectivity index (χ0v) is 20.3. The van der Waals surface area contributed by atoms with Crippen molar-refractivity contribution in [3.63, 3.8) is 0 Å². The average molecular weight is 475 g/mol. The summed E-state index contributed by atoms with van der Waals surface area (Å²) in [5.74, 6) is 0.448. The standard InChI is InChI=1S/C26H30N6O3/c1-31-12-14-32(15-13-31)25-24(29-20-6-4-5-7-21(20)30-25)19(17-27)26(33)28-11-10-18-8-9-22(34-2)23(16-18)35-3/h4-9,16,19H,10-15H2,1-3H3,(H,28,33). The van der Waals surface area contributed by atoms with E-state index in [4.69, 9.17) is 19.4 Å². The molecule has 0 spiro atoms. The van der Waals surface area contributed by atoms with E-state index < -0.39 is 5.92 Å². The molecular weight excluding hydrogens is 444 g/mol. The summed E-state index contributed by atoms with van der Waals surface area (Å²) in [6, 6.07) is 15.3. The minimum absolute atomic E-state index is 0.372. The van der Waals surface area contributed by atoms with Gasteiger partial charge in [0.25, 0.3) is 0 Å². The van der Waals surface area contributed by atoms with Gasteiger partial charge < -0.3 is 24.6 Å². The van der Waals surface area contributed by atoms with Gasteiger partial charge in [0.1, 0.15) is 5.69 Å². The average Bonchev–Trinajstić information content (AvgIpc) is 2.89. The van der Waals surface area contributed by atoms with Crippen LogP contribution in [0, 0.1) is 11.3 Å². The maximum absolute atomic E-state index is 13.1. The van der Waals surface area contributed by atoms with Gasteiger partial charge in [-0.2, -0.15) is 5.26 Å². The number of benzene rings is 2. The zero-order valence-electron chi connectivity index (χ0n) is 20.3. The first-order valence-electron chi connectivity index (χ1n) is 11.6. The van der Waals surface area contributed by atoms with Gasteiger partial charge in [0.15, 0.2) is 23.2 Å². The molecule has 3 aromatic rings. The van der Waals surface area contributed by atoms with Crippen LogP contribution < -0.4 is 19.7 Å². The minimum Gasteiger partial charge on any atom is -0.493 e. The lowest BCUT2D eigenvalue weighted by Gasteiger charge is -2.34. The summed E-state index contributed by atoms with van der Waals surface area (Å²) in [5.41, 5.74) is 2.80. The van der Waals surface area contributed by atoms with E-state index in [-0.39, 0.29) is 5.91 Å². The topological polar surface area (TPSA) is 104 Å². The Balaban J connectivity index is 1.54. The molecule has 1 N–H and O–H groups in total. The highest BCUT2D eigenvalue weighted by atomic mass is 16.5. The van der Waals surface area contributed by atoms with Crippen molar-refractivity contribution in [3.8, 4) is 17.6 Å². The molecule has 1 aliphatic rings. The lowest BCUT2D eigenvalue weighted by atomic mass is 10.0. The third-order valence-electron chi connectivity index (χ3n) is 6.21. The number of hydrogen-bond acceptors (Lipinski definition) is 8. The molecule has 1 saturated heterocycles. The molecule has 0 saturated carbocycles. The lowest BCUT2D eigenvalue weighted by Crippen LogP contribution is -2.45. The number of fused-ring (bicyclic) bond motifs is 1. The highest BCUT2D eigenvalue weighted by Gasteiger charge is 2.29. The van der Waals surface area contributed by atoms with Crippen molar-refractivity contribution in [3.05, 3.63) is 53.7 Å². The monoisotopic (exact) mass is 474 g/mol. The summed E-state index contributed by atoms with van der Waals surface area (Å²) >= 11 is 0. The van der Waals surface area contributed by atoms with E-state index in [1.807, 2.05) is 42.5 Å². The molecule has 1 fully saturated rings. The van der Waals surface area contributed by atoms with Crippen molar-refractivity contribution >= 4 is 22.8 Å². The Kier molecular flexibility index (Phi) is 7.63. The largest absolute Gasteiger partial charge is 0.493 e. The van der Waals surface area contributed by atoms with Crippen LogP contribution in [-0.2, 0) is 11.2 Å². The Bertz CT molecular complexity index is 1230. The van der Waals surface area contributed by atoms with Gasteiger partial charge in [-0.15, -0.1) is 0 Å². The van der Waals surface area contributed by atoms with Gasteiger partial charge in [-0.3, -0.25) is 4.79 Å². The first-order chi connectivity index (χ1) is 17.0. The van der Waals surface area contributed by atoms with E-state index in [1.165, 1.54) is 0 Å². The van der Waals surface area contributed by atoms with Crippen molar-refractivity contribution < 1.29 is 14.3 Å². The second-order valence-electron chi connectivity index (χ2n) is 8.50. The summed E-state index contributed by atoms with van der Waals surface area (Å²) in [7, 11) is 5.25. The van der Waals surface area contributed by atoms with E-state index >= 15 is 0 Å². The molecule has 2 heterocycles. The van der Waals surface area contributed by atoms with Crippen LogP contribution >= 0.6 is 0 Å². The number of para-hydroxylation sites is 2. The fourth-order valence-corrected chi connectivity index (χ4v) is 4.16. The molecule has 1 amide bonds. The maximum atomic E-state index is 13.1. The molecule has 2 aromatic carbocycles. The zero-order chi connectivity index (χ0) is 24.8. The Morgan fingerprint density at radius 1 is 1.06 bits per heavy atom. The second-order valence-corrected chi connectivity index (χ2v) is 8.50. The molecule has 182 valence electrons. The van der Waals surface area contributed by atoms with E-state index in [0.717, 1.165) is 37.3 Å². The molecule has 9 nitrogen and oxygen atoms in total. The Morgan fingerprint density at radius 2 is 1.74 bits per heavy atom. The number of nitrogens with zero attached hydrogens (tertiary/aromatic N) is 5. The fourth-order valence-electron chi connectivity index (χ4n) is 4.16. The third kappa shape index (κ3) is 5.44. The summed E-state index contributed by atoms with van der Waals surface area (Å²) in [6.07, 6.45) is 0.582. The molecule has 1 aromatic heterocycles. The molecule has 0 radical (unpaired) electrons. The van der Waals surface area contributed by atoms with Gasteiger partial charge in [0.05, 0.1) is 31.3 Å². The number of rotatable bonds is 8. The number of nitrogens with one attached hydrogen (secondary N) is 1. The van der Waals surface area contributed by atoms with Crippen LogP contribution in [0.3, 0.4) is 0 Å². The normalized spacial score (nSPS) is 14.9. The number of piperazine rings is 1. The van der Waals surface area contributed by atoms with Gasteiger partial charge in [-0.25, -0.2) is 9.97 Å². The Labute approximate surface area is 205 Å². The predicted octanol–water partition coefficient (Wildman–Crippen LogP) is 2.36. The first-order valence-corrected chi connectivity index (χ1v) is 11.6. The lowest BCUT2D eigenvalue weighted by molar-refractivity contribution is -0.121. The number of carbonyl (C=O) groups excluding carboxylic acids is 1. The van der Waals surface area contributed by atoms with Crippen molar-refractivity contribution in [2.75, 3.05) is 58.9 Å². The van der Waals surface area contributed by atoms with E-state index in [2.05, 4.69) is 28.2 Å². The van der Waals surface area contributed by atoms with Crippen LogP contribution in [0.25, 0.3) is 11.0 Å². The number of methoxy groups -OCH3 is 2. The van der Waals surface area contributed by atoms with Crippen LogP contribution in [0.1, 0.15) is 17.2 Å². The summed E-state index contributed by atoms with van der Waals surface area (Å²) in [5, 5.41) is 12.9. The fraction of sp³-hybridized carbons (Fsp3) is 0.385. The van der Waals surface area contributed by atoms with Crippen LogP contribution in [0.5, 0.6) is 11.5 Å². The number of amides is 1. The van der Waals surface area contributed by atoms with Crippen molar-refractivity contribution in [1.82, 2.24) is 20.2 Å². The number of likely N-dealkylation sites (N-methyl/N-ethyl adjacent to an activating group) is 1. The predicted molar refractivity (Wildman–Crippen MR) is 134 cm³/mol. The van der Waals surface area contributed by atoms with E-state index in [1.54, 1.807) is 14.2 Å². The minimum atomic E-state index is -1.06. The first kappa shape index (κ1) is 24.2. The molecule has 9 heteroatoms. The number of ether oxygens (including phenoxy) is 2. The molecule has 1 aliphatic heterocycles. The van der Waals surface area contributed by atoms with Gasteiger partial charge in [-0.05, 0) is 43.3 Å². The molecule has 1 atom stereocenters. The van der Waals surface area contributed by atoms with Crippen molar-refractivity contribution in [2.24, 2.45) is 0 Å². The number of carbonyl (C=O) groups is 1. The molecule has 35 heavy (non-hydrogen) atoms. The molecular formula is C26H30N6O3. The van der Waals surface area contributed by atoms with Crippen molar-refractivity contribution in [1.29, 1.82) is 5.26 Å². The second kappa shape index (κ2) is 11.0. The molecule has 0 bridgehead atoms. The van der Waals surface area contributed by atoms with E-state index in [0.29, 0.717) is 41.5 Å². The summed E-state index contributed by atoms with van der Waals surface area (Å²) in [4.78, 5) is 27.1. The van der Waals surface area contributed by atoms with Gasteiger partial charge in [-0.1, -0.05) is 18.2 Å². The number of anilines is 1. The quantitative estimate of drug-likeness (QED) is 0.531. The Hall–Kier alpha value is -3.90. The highest BCUT2D eigenvalue weighted by Crippen LogP contribution is 2.29. The van der Waals surface area contributed by atoms with Crippen LogP contribution in [0.4, 0.5) is 5.82 Å². The van der Waals surface area contributed by atoms with Crippen LogP contribution in [0.15, 0.2) is 42.5 Å². The SMILES string of the molecule is COc1ccc(CCNC(=O)C(C#N)c2nc3ccccc3nc2N2CCN(C)CC2)cc1OC. The molecule has 4 rings (SSSR count). The molecule has 0 aliphatic carbocycles.